The molecule has 0 amide bonds. The molecule has 0 aliphatic carbocycles. The van der Waals surface area contributed by atoms with Crippen molar-refractivity contribution in [3.05, 3.63) is 225 Å². The van der Waals surface area contributed by atoms with Gasteiger partial charge in [0, 0.05) is 51.1 Å². The highest BCUT2D eigenvalue weighted by atomic mass is 15.0. The monoisotopic (exact) mass is 803 g/mol. The Kier molecular flexibility index (Phi) is 8.75. The predicted octanol–water partition coefficient (Wildman–Crippen LogP) is 14.7. The molecule has 0 radical (unpaired) electrons. The minimum absolute atomic E-state index is 0.611. The van der Waals surface area contributed by atoms with Crippen LogP contribution in [0.5, 0.6) is 0 Å². The predicted molar refractivity (Wildman–Crippen MR) is 260 cm³/mol. The van der Waals surface area contributed by atoms with Crippen LogP contribution < -0.4 is 0 Å². The summed E-state index contributed by atoms with van der Waals surface area (Å²) in [6.07, 6.45) is 3.67. The quantitative estimate of drug-likeness (QED) is 0.151. The lowest BCUT2D eigenvalue weighted by molar-refractivity contribution is 1.08. The Balaban J connectivity index is 1.00. The van der Waals surface area contributed by atoms with Gasteiger partial charge in [-0.3, -0.25) is 4.98 Å². The maximum Gasteiger partial charge on any atom is 0.165 e. The minimum atomic E-state index is 0.611. The van der Waals surface area contributed by atoms with Crippen molar-refractivity contribution in [1.82, 2.24) is 24.5 Å². The van der Waals surface area contributed by atoms with Crippen LogP contribution in [0.4, 0.5) is 0 Å². The summed E-state index contributed by atoms with van der Waals surface area (Å²) in [6, 6.07) is 75.1. The van der Waals surface area contributed by atoms with Crippen LogP contribution in [-0.2, 0) is 0 Å². The van der Waals surface area contributed by atoms with Gasteiger partial charge in [-0.2, -0.15) is 0 Å². The van der Waals surface area contributed by atoms with Gasteiger partial charge in [-0.05, 0) is 91.8 Å². The van der Waals surface area contributed by atoms with Gasteiger partial charge in [0.25, 0.3) is 0 Å². The Morgan fingerprint density at radius 2 is 0.794 bits per heavy atom. The van der Waals surface area contributed by atoms with Crippen LogP contribution in [0.15, 0.2) is 225 Å². The first-order chi connectivity index (χ1) is 31.2. The molecule has 5 nitrogen and oxygen atoms in total. The van der Waals surface area contributed by atoms with E-state index in [0.717, 1.165) is 60.6 Å². The highest BCUT2D eigenvalue weighted by Gasteiger charge is 2.21. The third-order valence-electron chi connectivity index (χ3n) is 12.1. The first-order valence-electron chi connectivity index (χ1n) is 21.2. The SMILES string of the molecule is c1ccc(-c2nc(-c3cccc(-c4cccnc4)c3)nc(-c3c4ccccc4c(-c4ccc(-c5ccc6c(c5)c5ccccc5n6-c5ccccc5)cc4)c4ccccc34)n2)cc1. The molecule has 0 spiro atoms. The van der Waals surface area contributed by atoms with E-state index in [-0.39, 0.29) is 0 Å². The second kappa shape index (κ2) is 15.2. The molecule has 0 bridgehead atoms. The van der Waals surface area contributed by atoms with Crippen molar-refractivity contribution in [3.63, 3.8) is 0 Å². The topological polar surface area (TPSA) is 56.5 Å². The number of para-hydroxylation sites is 2. The van der Waals surface area contributed by atoms with Gasteiger partial charge in [0.15, 0.2) is 17.5 Å². The number of hydrogen-bond donors (Lipinski definition) is 0. The molecule has 0 fully saturated rings. The summed E-state index contributed by atoms with van der Waals surface area (Å²) >= 11 is 0. The minimum Gasteiger partial charge on any atom is -0.309 e. The molecule has 5 heteroatoms. The number of rotatable bonds is 7. The molecule has 0 aliphatic heterocycles. The lowest BCUT2D eigenvalue weighted by atomic mass is 9.87. The maximum absolute atomic E-state index is 5.30. The molecular weight excluding hydrogens is 767 g/mol. The Morgan fingerprint density at radius 1 is 0.286 bits per heavy atom. The molecule has 63 heavy (non-hydrogen) atoms. The fourth-order valence-electron chi connectivity index (χ4n) is 9.22. The maximum atomic E-state index is 5.30. The zero-order valence-electron chi connectivity index (χ0n) is 34.1. The van der Waals surface area contributed by atoms with E-state index in [4.69, 9.17) is 15.0 Å². The summed E-state index contributed by atoms with van der Waals surface area (Å²) in [5, 5.41) is 6.91. The molecule has 3 heterocycles. The normalized spacial score (nSPS) is 11.5. The van der Waals surface area contributed by atoms with Gasteiger partial charge in [0.05, 0.1) is 11.0 Å². The molecule has 0 saturated carbocycles. The van der Waals surface area contributed by atoms with Crippen LogP contribution in [-0.4, -0.2) is 24.5 Å². The summed E-state index contributed by atoms with van der Waals surface area (Å²) in [5.74, 6) is 1.86. The summed E-state index contributed by atoms with van der Waals surface area (Å²) in [5.41, 5.74) is 13.1. The molecule has 12 rings (SSSR count). The van der Waals surface area contributed by atoms with Crippen molar-refractivity contribution in [3.8, 4) is 73.2 Å². The first kappa shape index (κ1) is 36.3. The standard InChI is InChI=1S/C58H37N5/c1-3-15-40(16-4-1)56-60-57(43-18-13-17-41(35-43)44-19-14-34-59-37-44)62-58(61-56)55-49-25-9-7-23-47(49)54(48-24-8-10-26-50(48)55)39-30-28-38(29-31-39)42-32-33-53-51(36-42)46-22-11-12-27-52(46)63(53)45-20-5-2-6-21-45/h1-37H. The van der Waals surface area contributed by atoms with E-state index >= 15 is 0 Å². The van der Waals surface area contributed by atoms with Gasteiger partial charge >= 0.3 is 0 Å². The number of fused-ring (bicyclic) bond motifs is 5. The van der Waals surface area contributed by atoms with Gasteiger partial charge < -0.3 is 4.57 Å². The number of benzene rings is 9. The number of hydrogen-bond acceptors (Lipinski definition) is 4. The molecule has 9 aromatic carbocycles. The van der Waals surface area contributed by atoms with Crippen LogP contribution in [0.1, 0.15) is 0 Å². The van der Waals surface area contributed by atoms with Crippen molar-refractivity contribution in [1.29, 1.82) is 0 Å². The van der Waals surface area contributed by atoms with E-state index in [1.807, 2.05) is 30.5 Å². The molecule has 0 atom stereocenters. The van der Waals surface area contributed by atoms with Gasteiger partial charge in [-0.15, -0.1) is 0 Å². The Morgan fingerprint density at radius 3 is 1.49 bits per heavy atom. The summed E-state index contributed by atoms with van der Waals surface area (Å²) in [4.78, 5) is 20.0. The molecular formula is C58H37N5. The average Bonchev–Trinajstić information content (AvgIpc) is 3.70. The van der Waals surface area contributed by atoms with Crippen LogP contribution >= 0.6 is 0 Å². The summed E-state index contributed by atoms with van der Waals surface area (Å²) in [6.45, 7) is 0. The van der Waals surface area contributed by atoms with E-state index in [9.17, 15) is 0 Å². The van der Waals surface area contributed by atoms with E-state index in [2.05, 4.69) is 198 Å². The average molecular weight is 804 g/mol. The molecule has 12 aromatic rings. The second-order valence-corrected chi connectivity index (χ2v) is 15.8. The van der Waals surface area contributed by atoms with E-state index < -0.39 is 0 Å². The molecule has 3 aromatic heterocycles. The van der Waals surface area contributed by atoms with Gasteiger partial charge in [-0.1, -0.05) is 170 Å². The third kappa shape index (κ3) is 6.34. The Hall–Kier alpha value is -8.54. The van der Waals surface area contributed by atoms with E-state index in [1.165, 1.54) is 38.5 Å². The number of aromatic nitrogens is 5. The van der Waals surface area contributed by atoms with Crippen LogP contribution in [0, 0.1) is 0 Å². The Bertz CT molecular complexity index is 3600. The van der Waals surface area contributed by atoms with Crippen molar-refractivity contribution in [2.24, 2.45) is 0 Å². The van der Waals surface area contributed by atoms with Crippen LogP contribution in [0.3, 0.4) is 0 Å². The third-order valence-corrected chi connectivity index (χ3v) is 12.1. The van der Waals surface area contributed by atoms with E-state index in [1.54, 1.807) is 6.20 Å². The Labute approximate surface area is 364 Å². The lowest BCUT2D eigenvalue weighted by Crippen LogP contribution is -2.01. The van der Waals surface area contributed by atoms with Crippen molar-refractivity contribution in [2.75, 3.05) is 0 Å². The van der Waals surface area contributed by atoms with Crippen molar-refractivity contribution < 1.29 is 0 Å². The van der Waals surface area contributed by atoms with E-state index in [0.29, 0.717) is 17.5 Å². The number of pyridine rings is 1. The van der Waals surface area contributed by atoms with Crippen LogP contribution in [0.2, 0.25) is 0 Å². The van der Waals surface area contributed by atoms with Crippen molar-refractivity contribution in [2.45, 2.75) is 0 Å². The zero-order valence-corrected chi connectivity index (χ0v) is 34.1. The fourth-order valence-corrected chi connectivity index (χ4v) is 9.22. The lowest BCUT2D eigenvalue weighted by Gasteiger charge is -2.18. The van der Waals surface area contributed by atoms with Crippen LogP contribution in [0.25, 0.3) is 117 Å². The molecule has 0 saturated heterocycles. The summed E-state index contributed by atoms with van der Waals surface area (Å²) < 4.78 is 2.36. The van der Waals surface area contributed by atoms with Gasteiger partial charge in [-0.25, -0.2) is 15.0 Å². The fraction of sp³-hybridized carbons (Fsp3) is 0. The van der Waals surface area contributed by atoms with Crippen molar-refractivity contribution >= 4 is 43.4 Å². The zero-order chi connectivity index (χ0) is 41.7. The highest BCUT2D eigenvalue weighted by molar-refractivity contribution is 6.21. The largest absolute Gasteiger partial charge is 0.309 e. The van der Waals surface area contributed by atoms with Gasteiger partial charge in [0.2, 0.25) is 0 Å². The second-order valence-electron chi connectivity index (χ2n) is 15.8. The highest BCUT2D eigenvalue weighted by Crippen LogP contribution is 2.44. The molecule has 0 unspecified atom stereocenters. The smallest absolute Gasteiger partial charge is 0.165 e. The molecule has 294 valence electrons. The number of nitrogens with zero attached hydrogens (tertiary/aromatic N) is 5. The first-order valence-corrected chi connectivity index (χ1v) is 21.2. The van der Waals surface area contributed by atoms with Gasteiger partial charge in [0.1, 0.15) is 0 Å². The summed E-state index contributed by atoms with van der Waals surface area (Å²) in [7, 11) is 0. The molecule has 0 aliphatic rings. The molecule has 0 N–H and O–H groups in total.